The van der Waals surface area contributed by atoms with Crippen LogP contribution in [0.2, 0.25) is 0 Å². The highest BCUT2D eigenvalue weighted by Gasteiger charge is 2.38. The topological polar surface area (TPSA) is 38.3 Å². The summed E-state index contributed by atoms with van der Waals surface area (Å²) in [7, 11) is 0. The molecule has 17 heavy (non-hydrogen) atoms. The highest BCUT2D eigenvalue weighted by molar-refractivity contribution is 5.81. The maximum atomic E-state index is 11.5. The van der Waals surface area contributed by atoms with Crippen molar-refractivity contribution in [3.05, 3.63) is 29.8 Å². The van der Waals surface area contributed by atoms with Gasteiger partial charge in [-0.3, -0.25) is 4.79 Å². The van der Waals surface area contributed by atoms with Crippen LogP contribution in [0.15, 0.2) is 24.3 Å². The minimum atomic E-state index is 0.172. The van der Waals surface area contributed by atoms with E-state index in [-0.39, 0.29) is 11.8 Å². The molecule has 0 radical (unpaired) electrons. The lowest BCUT2D eigenvalue weighted by Gasteiger charge is -2.08. The predicted octanol–water partition coefficient (Wildman–Crippen LogP) is 2.15. The number of aryl methyl sites for hydroxylation is 1. The molecule has 92 valence electrons. The van der Waals surface area contributed by atoms with Crippen LogP contribution in [0, 0.1) is 18.8 Å². The molecule has 2 unspecified atom stereocenters. The molecule has 0 bridgehead atoms. The molecule has 3 nitrogen and oxygen atoms in total. The second-order valence-electron chi connectivity index (χ2n) is 4.78. The van der Waals surface area contributed by atoms with Gasteiger partial charge in [0.25, 0.3) is 0 Å². The molecule has 0 aliphatic heterocycles. The Hall–Kier alpha value is -1.51. The fourth-order valence-corrected chi connectivity index (χ4v) is 1.87. The number of ether oxygens (including phenoxy) is 1. The average molecular weight is 233 g/mol. The minimum Gasteiger partial charge on any atom is -0.492 e. The number of rotatable bonds is 5. The summed E-state index contributed by atoms with van der Waals surface area (Å²) < 4.78 is 5.55. The number of carbonyl (C=O) groups excluding carboxylic acids is 1. The van der Waals surface area contributed by atoms with E-state index in [1.54, 1.807) is 0 Å². The Morgan fingerprint density at radius 1 is 1.53 bits per heavy atom. The Kier molecular flexibility index (Phi) is 3.67. The van der Waals surface area contributed by atoms with Crippen molar-refractivity contribution in [3.8, 4) is 5.75 Å². The maximum absolute atomic E-state index is 11.5. The van der Waals surface area contributed by atoms with Crippen LogP contribution < -0.4 is 10.1 Å². The third-order valence-electron chi connectivity index (χ3n) is 3.11. The van der Waals surface area contributed by atoms with Crippen LogP contribution in [-0.4, -0.2) is 19.1 Å². The van der Waals surface area contributed by atoms with Gasteiger partial charge in [0.15, 0.2) is 0 Å². The first-order valence-electron chi connectivity index (χ1n) is 6.14. The molecular formula is C14H19NO2. The summed E-state index contributed by atoms with van der Waals surface area (Å²) in [4.78, 5) is 11.5. The predicted molar refractivity (Wildman–Crippen MR) is 67.0 cm³/mol. The van der Waals surface area contributed by atoms with Crippen molar-refractivity contribution < 1.29 is 9.53 Å². The van der Waals surface area contributed by atoms with Gasteiger partial charge in [0.1, 0.15) is 12.4 Å². The number of hydrogen-bond acceptors (Lipinski definition) is 2. The van der Waals surface area contributed by atoms with Gasteiger partial charge in [0.2, 0.25) is 5.91 Å². The van der Waals surface area contributed by atoms with E-state index in [1.165, 1.54) is 5.56 Å². The van der Waals surface area contributed by atoms with Crippen LogP contribution in [-0.2, 0) is 4.79 Å². The van der Waals surface area contributed by atoms with Gasteiger partial charge in [0.05, 0.1) is 6.54 Å². The molecule has 1 aromatic carbocycles. The molecule has 1 aliphatic carbocycles. The molecule has 1 saturated carbocycles. The van der Waals surface area contributed by atoms with Crippen molar-refractivity contribution in [2.24, 2.45) is 11.8 Å². The van der Waals surface area contributed by atoms with Gasteiger partial charge in [0, 0.05) is 5.92 Å². The summed E-state index contributed by atoms with van der Waals surface area (Å²) in [5.74, 6) is 1.84. The average Bonchev–Trinajstić information content (AvgIpc) is 3.02. The zero-order valence-corrected chi connectivity index (χ0v) is 10.4. The van der Waals surface area contributed by atoms with E-state index < -0.39 is 0 Å². The lowest BCUT2D eigenvalue weighted by molar-refractivity contribution is -0.122. The van der Waals surface area contributed by atoms with Crippen LogP contribution in [0.4, 0.5) is 0 Å². The van der Waals surface area contributed by atoms with Gasteiger partial charge >= 0.3 is 0 Å². The summed E-state index contributed by atoms with van der Waals surface area (Å²) in [6.45, 7) is 5.24. The Morgan fingerprint density at radius 2 is 2.29 bits per heavy atom. The molecule has 0 heterocycles. The Labute approximate surface area is 102 Å². The summed E-state index contributed by atoms with van der Waals surface area (Å²) >= 11 is 0. The quantitative estimate of drug-likeness (QED) is 0.791. The zero-order chi connectivity index (χ0) is 12.3. The summed E-state index contributed by atoms with van der Waals surface area (Å²) in [6, 6.07) is 7.92. The Bertz CT molecular complexity index is 403. The smallest absolute Gasteiger partial charge is 0.223 e. The van der Waals surface area contributed by atoms with Crippen LogP contribution in [0.5, 0.6) is 5.75 Å². The fraction of sp³-hybridized carbons (Fsp3) is 0.500. The lowest BCUT2D eigenvalue weighted by Crippen LogP contribution is -2.29. The zero-order valence-electron chi connectivity index (χ0n) is 10.4. The first-order valence-corrected chi connectivity index (χ1v) is 6.14. The van der Waals surface area contributed by atoms with Crippen LogP contribution in [0.1, 0.15) is 18.9 Å². The SMILES string of the molecule is Cc1cccc(OCCNC(=O)C2CC2C)c1. The highest BCUT2D eigenvalue weighted by atomic mass is 16.5. The van der Waals surface area contributed by atoms with E-state index in [0.29, 0.717) is 19.1 Å². The highest BCUT2D eigenvalue weighted by Crippen LogP contribution is 2.37. The number of nitrogens with one attached hydrogen (secondary N) is 1. The maximum Gasteiger partial charge on any atom is 0.223 e. The van der Waals surface area contributed by atoms with Gasteiger partial charge in [-0.2, -0.15) is 0 Å². The lowest BCUT2D eigenvalue weighted by atomic mass is 10.2. The van der Waals surface area contributed by atoms with Gasteiger partial charge in [-0.1, -0.05) is 19.1 Å². The number of hydrogen-bond donors (Lipinski definition) is 1. The van der Waals surface area contributed by atoms with Gasteiger partial charge in [-0.15, -0.1) is 0 Å². The number of carbonyl (C=O) groups is 1. The second-order valence-corrected chi connectivity index (χ2v) is 4.78. The number of amides is 1. The Balaban J connectivity index is 1.64. The molecule has 2 atom stereocenters. The van der Waals surface area contributed by atoms with Crippen molar-refractivity contribution in [1.82, 2.24) is 5.32 Å². The van der Waals surface area contributed by atoms with Crippen molar-refractivity contribution >= 4 is 5.91 Å². The molecule has 1 aromatic rings. The molecule has 0 spiro atoms. The molecule has 1 aliphatic rings. The van der Waals surface area contributed by atoms with Gasteiger partial charge in [-0.25, -0.2) is 0 Å². The first-order chi connectivity index (χ1) is 8.16. The van der Waals surface area contributed by atoms with Crippen LogP contribution >= 0.6 is 0 Å². The molecule has 1 amide bonds. The fourth-order valence-electron chi connectivity index (χ4n) is 1.87. The van der Waals surface area contributed by atoms with Gasteiger partial charge < -0.3 is 10.1 Å². The molecule has 0 saturated heterocycles. The van der Waals surface area contributed by atoms with E-state index >= 15 is 0 Å². The van der Waals surface area contributed by atoms with Crippen LogP contribution in [0.25, 0.3) is 0 Å². The van der Waals surface area contributed by atoms with E-state index in [2.05, 4.69) is 12.2 Å². The summed E-state index contributed by atoms with van der Waals surface area (Å²) in [5, 5.41) is 2.90. The normalized spacial score (nSPS) is 22.0. The standard InChI is InChI=1S/C14H19NO2/c1-10-4-3-5-12(8-10)17-7-6-15-14(16)13-9-11(13)2/h3-5,8,11,13H,6-7,9H2,1-2H3,(H,15,16). The van der Waals surface area contributed by atoms with Crippen molar-refractivity contribution in [2.45, 2.75) is 20.3 Å². The monoisotopic (exact) mass is 233 g/mol. The van der Waals surface area contributed by atoms with Crippen molar-refractivity contribution in [3.63, 3.8) is 0 Å². The molecule has 1 fully saturated rings. The van der Waals surface area contributed by atoms with E-state index in [1.807, 2.05) is 31.2 Å². The van der Waals surface area contributed by atoms with Crippen LogP contribution in [0.3, 0.4) is 0 Å². The number of benzene rings is 1. The molecule has 0 aromatic heterocycles. The summed E-state index contributed by atoms with van der Waals surface area (Å²) in [6.07, 6.45) is 1.03. The molecule has 1 N–H and O–H groups in total. The Morgan fingerprint density at radius 3 is 2.94 bits per heavy atom. The summed E-state index contributed by atoms with van der Waals surface area (Å²) in [5.41, 5.74) is 1.18. The van der Waals surface area contributed by atoms with Crippen molar-refractivity contribution in [1.29, 1.82) is 0 Å². The van der Waals surface area contributed by atoms with E-state index in [4.69, 9.17) is 4.74 Å². The molecule has 2 rings (SSSR count). The molecule has 3 heteroatoms. The minimum absolute atomic E-state index is 0.172. The molecular weight excluding hydrogens is 214 g/mol. The van der Waals surface area contributed by atoms with Crippen molar-refractivity contribution in [2.75, 3.05) is 13.2 Å². The van der Waals surface area contributed by atoms with E-state index in [9.17, 15) is 4.79 Å². The first kappa shape index (κ1) is 12.0. The van der Waals surface area contributed by atoms with E-state index in [0.717, 1.165) is 12.2 Å². The van der Waals surface area contributed by atoms with Gasteiger partial charge in [-0.05, 0) is 37.0 Å². The third-order valence-corrected chi connectivity index (χ3v) is 3.11. The largest absolute Gasteiger partial charge is 0.492 e. The second kappa shape index (κ2) is 5.21. The third kappa shape index (κ3) is 3.48.